The molecule has 34 nitrogen and oxygen atoms in total. The molecule has 0 saturated carbocycles. The number of aliphatic carboxylic acids is 1. The van der Waals surface area contributed by atoms with Crippen molar-refractivity contribution in [1.29, 1.82) is 0 Å². The number of aliphatic hydroxyl groups is 3. The van der Waals surface area contributed by atoms with E-state index in [2.05, 4.69) is 83.4 Å². The number of hydrogen-bond acceptors (Lipinski definition) is 21. The van der Waals surface area contributed by atoms with Gasteiger partial charge in [-0.2, -0.15) is 0 Å². The van der Waals surface area contributed by atoms with E-state index in [0.29, 0.717) is 51.0 Å². The average Bonchev–Trinajstić information content (AvgIpc) is 1.72. The summed E-state index contributed by atoms with van der Waals surface area (Å²) in [4.78, 5) is 191. The molecule has 22 N–H and O–H groups in total. The second kappa shape index (κ2) is 41.9. The van der Waals surface area contributed by atoms with Gasteiger partial charge in [-0.1, -0.05) is 131 Å². The van der Waals surface area contributed by atoms with E-state index in [0.717, 1.165) is 28.5 Å². The number of nitrogens with zero attached hydrogens (tertiary/aromatic N) is 2. The van der Waals surface area contributed by atoms with E-state index in [1.54, 1.807) is 121 Å². The van der Waals surface area contributed by atoms with Crippen molar-refractivity contribution in [3.05, 3.63) is 180 Å². The first-order chi connectivity index (χ1) is 52.4. The van der Waals surface area contributed by atoms with E-state index in [1.807, 2.05) is 0 Å². The molecule has 4 aromatic carbocycles. The van der Waals surface area contributed by atoms with Crippen LogP contribution in [0.25, 0.3) is 10.9 Å². The first-order valence-corrected chi connectivity index (χ1v) is 37.7. The van der Waals surface area contributed by atoms with Gasteiger partial charge >= 0.3 is 5.97 Å². The minimum atomic E-state index is -1.93. The molecule has 4 heterocycles. The minimum Gasteiger partial charge on any atom is -0.480 e. The molecule has 8 rings (SSSR count). The number of nitrogens with one attached hydrogen (secondary N) is 14. The first kappa shape index (κ1) is 83.6. The van der Waals surface area contributed by atoms with Crippen LogP contribution in [0.3, 0.4) is 0 Å². The van der Waals surface area contributed by atoms with Crippen LogP contribution >= 0.6 is 21.6 Å². The van der Waals surface area contributed by atoms with Gasteiger partial charge in [0, 0.05) is 90.9 Å². The maximum Gasteiger partial charge on any atom is 0.327 e. The quantitative estimate of drug-likeness (QED) is 0.0275. The lowest BCUT2D eigenvalue weighted by Gasteiger charge is -2.29. The molecule has 14 atom stereocenters. The third kappa shape index (κ3) is 25.6. The lowest BCUT2D eigenvalue weighted by Crippen LogP contribution is -2.63. The molecular formula is C73H92N18O16S2. The highest BCUT2D eigenvalue weighted by Crippen LogP contribution is 2.24. The molecule has 582 valence electrons. The lowest BCUT2D eigenvalue weighted by molar-refractivity contribution is -0.142. The molecule has 1 aliphatic rings. The van der Waals surface area contributed by atoms with Crippen molar-refractivity contribution >= 4 is 103 Å². The number of para-hydroxylation sites is 1. The van der Waals surface area contributed by atoms with E-state index in [9.17, 15) is 58.8 Å². The summed E-state index contributed by atoms with van der Waals surface area (Å²) in [7, 11) is 1.77. The Bertz CT molecular complexity index is 4180. The summed E-state index contributed by atoms with van der Waals surface area (Å²) in [6.07, 6.45) is 2.68. The highest BCUT2D eigenvalue weighted by molar-refractivity contribution is 8.76. The Morgan fingerprint density at radius 1 is 0.450 bits per heavy atom. The molecule has 0 radical (unpaired) electrons. The summed E-state index contributed by atoms with van der Waals surface area (Å²) in [5.41, 5.74) is 15.8. The number of H-pyrrole nitrogens is 3. The van der Waals surface area contributed by atoms with Gasteiger partial charge in [-0.3, -0.25) is 52.7 Å². The molecule has 7 aromatic rings. The molecule has 36 heteroatoms. The summed E-state index contributed by atoms with van der Waals surface area (Å²) in [5, 5.41) is 72.0. The predicted molar refractivity (Wildman–Crippen MR) is 402 cm³/mol. The van der Waals surface area contributed by atoms with Gasteiger partial charge in [0.25, 0.3) is 0 Å². The number of aliphatic hydroxyl groups excluding tert-OH is 3. The largest absolute Gasteiger partial charge is 0.480 e. The van der Waals surface area contributed by atoms with Crippen LogP contribution in [0.5, 0.6) is 0 Å². The number of rotatable bonds is 20. The maximum atomic E-state index is 15.4. The van der Waals surface area contributed by atoms with Crippen LogP contribution in [-0.4, -0.2) is 226 Å². The lowest BCUT2D eigenvalue weighted by atomic mass is 10.00. The average molecular weight is 1540 g/mol. The number of amides is 11. The van der Waals surface area contributed by atoms with Crippen LogP contribution in [0.4, 0.5) is 0 Å². The highest BCUT2D eigenvalue weighted by atomic mass is 33.1. The Hall–Kier alpha value is -11.0. The summed E-state index contributed by atoms with van der Waals surface area (Å²) < 4.78 is 0. The monoisotopic (exact) mass is 1540 g/mol. The number of carboxylic acids is 1. The molecule has 3 aromatic heterocycles. The number of benzene rings is 4. The van der Waals surface area contributed by atoms with E-state index < -0.39 is 168 Å². The molecule has 0 aliphatic carbocycles. The van der Waals surface area contributed by atoms with Crippen LogP contribution in [0, 0.1) is 0 Å². The fourth-order valence-corrected chi connectivity index (χ4v) is 14.0. The maximum absolute atomic E-state index is 15.4. The van der Waals surface area contributed by atoms with Crippen LogP contribution in [0.2, 0.25) is 0 Å². The molecule has 0 spiro atoms. The zero-order chi connectivity index (χ0) is 78.5. The van der Waals surface area contributed by atoms with Crippen LogP contribution in [0.1, 0.15) is 66.8 Å². The van der Waals surface area contributed by atoms with Crippen molar-refractivity contribution in [2.75, 3.05) is 24.7 Å². The standard InChI is InChI=1S/C73H92N18O16S2/c1-40(93)60-71(104)87-54(28-44-20-10-5-11-21-44)69(102)91-61(41(2)94)72(105)88-58(35-92)70(103)89-59(73(106)107)37-109-108-36-49(75)62(95)82-56(30-46-33-76-38-79-46)67(100)86-57(31-47-34-77-39-80-47)68(101)84-52(26-42-16-6-3-7-17-42)64(97)83-53(27-43-18-8-4-9-19-43)65(98)85-55(29-45-32-78-50-23-13-12-22-48(45)50)66(99)81-51(63(96)90-60)24-14-15-25-74/h3-13,16-23,32-34,38-41,49,51-61,78,92-94H,14-15,24-31,35-37,74-75H2,1-2H3,(H,76,79)(H,77,80)(H,81,99)(H,82,95)(H,83,97)(H,84,101)(H,85,98)(H,86,100)(H,87,104)(H,88,105)(H,89,103)(H,90,96)(H,91,102)(H,106,107). The second-order valence-electron chi connectivity index (χ2n) is 26.2. The van der Waals surface area contributed by atoms with Crippen molar-refractivity contribution in [3.8, 4) is 0 Å². The Kier molecular flexibility index (Phi) is 32.2. The van der Waals surface area contributed by atoms with Gasteiger partial charge in [0.1, 0.15) is 66.5 Å². The number of aromatic amines is 3. The Balaban J connectivity index is 1.17. The number of nitrogens with two attached hydrogens (primary N) is 2. The van der Waals surface area contributed by atoms with Gasteiger partial charge in [-0.25, -0.2) is 14.8 Å². The van der Waals surface area contributed by atoms with Crippen molar-refractivity contribution < 1.29 is 78.0 Å². The number of aromatic nitrogens is 5. The SMILES string of the molecule is CC(O)C1NC(=O)C(Cc2ccccc2)NC(=O)C(C(C)O)NC(=O)C(CCCCN)NC(=O)C(Cc2c[nH]c3ccccc23)NC(=O)C(Cc2ccccc2)NC(=O)C(Cc2ccccc2)NC(=O)C(Cc2cnc[nH]2)NC(=O)C(Cc2cnc[nH]2)NC(=O)C(N)CSSCC(C(=O)O)NC(=O)C(CO)NC1=O. The van der Waals surface area contributed by atoms with Crippen LogP contribution in [0.15, 0.2) is 147 Å². The fourth-order valence-electron chi connectivity index (χ4n) is 11.8. The van der Waals surface area contributed by atoms with Crippen molar-refractivity contribution in [2.24, 2.45) is 11.5 Å². The van der Waals surface area contributed by atoms with Crippen LogP contribution < -0.4 is 70.0 Å². The zero-order valence-electron chi connectivity index (χ0n) is 59.7. The highest BCUT2D eigenvalue weighted by Gasteiger charge is 2.39. The van der Waals surface area contributed by atoms with Gasteiger partial charge < -0.3 is 105 Å². The molecule has 1 aliphatic heterocycles. The third-order valence-corrected chi connectivity index (χ3v) is 20.2. The molecule has 11 amide bonds. The summed E-state index contributed by atoms with van der Waals surface area (Å²) in [6, 6.07) is 12.9. The number of unbranched alkanes of at least 4 members (excludes halogenated alkanes) is 1. The smallest absolute Gasteiger partial charge is 0.327 e. The summed E-state index contributed by atoms with van der Waals surface area (Å²) in [6.45, 7) is 1.31. The normalized spacial score (nSPS) is 24.3. The van der Waals surface area contributed by atoms with Crippen LogP contribution in [-0.2, 0) is 96.1 Å². The van der Waals surface area contributed by atoms with Crippen molar-refractivity contribution in [1.82, 2.24) is 83.4 Å². The predicted octanol–water partition coefficient (Wildman–Crippen LogP) is -2.61. The van der Waals surface area contributed by atoms with E-state index >= 15 is 19.2 Å². The van der Waals surface area contributed by atoms with Gasteiger partial charge in [0.15, 0.2) is 0 Å². The first-order valence-electron chi connectivity index (χ1n) is 35.2. The molecule has 1 fully saturated rings. The van der Waals surface area contributed by atoms with Gasteiger partial charge in [0.05, 0.1) is 37.5 Å². The van der Waals surface area contributed by atoms with Gasteiger partial charge in [-0.05, 0) is 68.0 Å². The fraction of sp³-hybridized carbons (Fsp3) is 0.397. The molecule has 109 heavy (non-hydrogen) atoms. The number of carbonyl (C=O) groups is 12. The van der Waals surface area contributed by atoms with Crippen molar-refractivity contribution in [2.45, 2.75) is 156 Å². The van der Waals surface area contributed by atoms with E-state index in [1.165, 1.54) is 32.0 Å². The molecule has 1 saturated heterocycles. The Labute approximate surface area is 634 Å². The molecule has 0 bridgehead atoms. The Morgan fingerprint density at radius 3 is 1.26 bits per heavy atom. The molecule has 14 unspecified atom stereocenters. The summed E-state index contributed by atoms with van der Waals surface area (Å²) >= 11 is 0. The number of carbonyl (C=O) groups excluding carboxylic acids is 11. The number of imidazole rings is 2. The van der Waals surface area contributed by atoms with Gasteiger partial charge in [0.2, 0.25) is 65.0 Å². The minimum absolute atomic E-state index is 0.125. The van der Waals surface area contributed by atoms with E-state index in [-0.39, 0.29) is 63.7 Å². The number of fused-ring (bicyclic) bond motifs is 1. The topological polar surface area (TPSA) is 543 Å². The van der Waals surface area contributed by atoms with Crippen molar-refractivity contribution in [3.63, 3.8) is 0 Å². The number of hydrogen-bond donors (Lipinski definition) is 20. The number of carboxylic acid groups (broad SMARTS) is 1. The molecular weight excluding hydrogens is 1450 g/mol. The van der Waals surface area contributed by atoms with E-state index in [4.69, 9.17) is 11.5 Å². The zero-order valence-corrected chi connectivity index (χ0v) is 61.3. The summed E-state index contributed by atoms with van der Waals surface area (Å²) in [5.74, 6) is -13.3. The van der Waals surface area contributed by atoms with Gasteiger partial charge in [-0.15, -0.1) is 0 Å². The second-order valence-corrected chi connectivity index (χ2v) is 28.7. The third-order valence-electron chi connectivity index (χ3n) is 17.7. The Morgan fingerprint density at radius 2 is 0.826 bits per heavy atom.